The highest BCUT2D eigenvalue weighted by molar-refractivity contribution is 7.89. The van der Waals surface area contributed by atoms with Gasteiger partial charge in [-0.05, 0) is 36.8 Å². The van der Waals surface area contributed by atoms with Gasteiger partial charge in [-0.25, -0.2) is 13.1 Å². The molecule has 0 aliphatic carbocycles. The lowest BCUT2D eigenvalue weighted by Crippen LogP contribution is -2.31. The second kappa shape index (κ2) is 8.13. The number of aliphatic hydroxyl groups is 1. The summed E-state index contributed by atoms with van der Waals surface area (Å²) in [7, 11) is -3.71. The first-order valence-electron chi connectivity index (χ1n) is 7.00. The molecule has 5 nitrogen and oxygen atoms in total. The number of hydrogen-bond acceptors (Lipinski definition) is 4. The number of hydrogen-bond donors (Lipinski definition) is 2. The molecular formula is C15H22N2O3S. The van der Waals surface area contributed by atoms with Gasteiger partial charge >= 0.3 is 0 Å². The van der Waals surface area contributed by atoms with E-state index in [1.54, 1.807) is 12.1 Å². The number of sulfonamides is 1. The lowest BCUT2D eigenvalue weighted by molar-refractivity contribution is 0.243. The minimum Gasteiger partial charge on any atom is -0.396 e. The van der Waals surface area contributed by atoms with E-state index in [1.807, 2.05) is 6.07 Å². The molecule has 21 heavy (non-hydrogen) atoms. The average Bonchev–Trinajstić information content (AvgIpc) is 2.44. The molecule has 0 amide bonds. The molecule has 1 aromatic carbocycles. The van der Waals surface area contributed by atoms with Crippen molar-refractivity contribution in [1.82, 2.24) is 4.72 Å². The summed E-state index contributed by atoms with van der Waals surface area (Å²) in [4.78, 5) is -0.000189. The predicted octanol–water partition coefficient (Wildman–Crippen LogP) is 1.88. The van der Waals surface area contributed by atoms with Gasteiger partial charge < -0.3 is 5.11 Å². The minimum atomic E-state index is -3.71. The molecule has 116 valence electrons. The highest BCUT2D eigenvalue weighted by Crippen LogP contribution is 2.17. The minimum absolute atomic E-state index is 0.000189. The maximum atomic E-state index is 12.3. The summed E-state index contributed by atoms with van der Waals surface area (Å²) in [5.41, 5.74) is 0.132. The first kappa shape index (κ1) is 17.6. The van der Waals surface area contributed by atoms with Gasteiger partial charge in [-0.2, -0.15) is 5.26 Å². The zero-order valence-corrected chi connectivity index (χ0v) is 13.2. The summed E-state index contributed by atoms with van der Waals surface area (Å²) >= 11 is 0. The van der Waals surface area contributed by atoms with Gasteiger partial charge in [-0.15, -0.1) is 0 Å². The van der Waals surface area contributed by atoms with Crippen LogP contribution in [-0.4, -0.2) is 26.7 Å². The standard InChI is InChI=1S/C15H22N2O3S/c1-12(2)9-13(7-8-18)11-17-21(19,20)15-6-4-3-5-14(15)10-16/h3-6,12-13,17-18H,7-9,11H2,1-2H3. The summed E-state index contributed by atoms with van der Waals surface area (Å²) in [6, 6.07) is 8.01. The maximum absolute atomic E-state index is 12.3. The van der Waals surface area contributed by atoms with Crippen molar-refractivity contribution in [3.63, 3.8) is 0 Å². The van der Waals surface area contributed by atoms with E-state index in [1.165, 1.54) is 12.1 Å². The van der Waals surface area contributed by atoms with Crippen LogP contribution in [0.3, 0.4) is 0 Å². The molecule has 2 N–H and O–H groups in total. The molecule has 0 saturated carbocycles. The van der Waals surface area contributed by atoms with Crippen LogP contribution in [-0.2, 0) is 10.0 Å². The molecule has 6 heteroatoms. The molecule has 1 aromatic rings. The lowest BCUT2D eigenvalue weighted by Gasteiger charge is -2.18. The van der Waals surface area contributed by atoms with Crippen LogP contribution >= 0.6 is 0 Å². The van der Waals surface area contributed by atoms with Gasteiger partial charge in [0.15, 0.2) is 0 Å². The van der Waals surface area contributed by atoms with Crippen molar-refractivity contribution in [2.75, 3.05) is 13.2 Å². The Morgan fingerprint density at radius 2 is 2.00 bits per heavy atom. The first-order valence-corrected chi connectivity index (χ1v) is 8.48. The summed E-state index contributed by atoms with van der Waals surface area (Å²) in [5, 5.41) is 18.0. The van der Waals surface area contributed by atoms with Crippen molar-refractivity contribution in [2.24, 2.45) is 11.8 Å². The fraction of sp³-hybridized carbons (Fsp3) is 0.533. The number of benzene rings is 1. The van der Waals surface area contributed by atoms with E-state index in [2.05, 4.69) is 18.6 Å². The van der Waals surface area contributed by atoms with Gasteiger partial charge in [0.2, 0.25) is 10.0 Å². The Kier molecular flexibility index (Phi) is 6.82. The first-order chi connectivity index (χ1) is 9.90. The van der Waals surface area contributed by atoms with Crippen molar-refractivity contribution in [1.29, 1.82) is 5.26 Å². The van der Waals surface area contributed by atoms with Gasteiger partial charge in [0, 0.05) is 13.2 Å². The van der Waals surface area contributed by atoms with Gasteiger partial charge in [0.25, 0.3) is 0 Å². The molecule has 0 aromatic heterocycles. The van der Waals surface area contributed by atoms with Crippen molar-refractivity contribution in [3.8, 4) is 6.07 Å². The third kappa shape index (κ3) is 5.46. The number of nitriles is 1. The summed E-state index contributed by atoms with van der Waals surface area (Å²) in [5.74, 6) is 0.511. The molecule has 0 aliphatic rings. The third-order valence-corrected chi connectivity index (χ3v) is 4.68. The van der Waals surface area contributed by atoms with E-state index >= 15 is 0 Å². The third-order valence-electron chi connectivity index (χ3n) is 3.20. The second-order valence-corrected chi connectivity index (χ2v) is 7.20. The van der Waals surface area contributed by atoms with Crippen molar-refractivity contribution < 1.29 is 13.5 Å². The number of nitrogens with one attached hydrogen (secondary N) is 1. The Balaban J connectivity index is 2.82. The van der Waals surface area contributed by atoms with Crippen LogP contribution in [0.5, 0.6) is 0 Å². The molecule has 0 fully saturated rings. The average molecular weight is 310 g/mol. The zero-order valence-electron chi connectivity index (χ0n) is 12.4. The quantitative estimate of drug-likeness (QED) is 0.767. The van der Waals surface area contributed by atoms with Crippen molar-refractivity contribution >= 4 is 10.0 Å². The van der Waals surface area contributed by atoms with E-state index in [9.17, 15) is 8.42 Å². The Hall–Kier alpha value is -1.42. The van der Waals surface area contributed by atoms with Crippen LogP contribution < -0.4 is 4.72 Å². The molecule has 0 bridgehead atoms. The lowest BCUT2D eigenvalue weighted by atomic mass is 9.95. The Bertz CT molecular complexity index is 591. The summed E-state index contributed by atoms with van der Waals surface area (Å²) in [6.07, 6.45) is 1.39. The normalized spacial score (nSPS) is 13.1. The fourth-order valence-corrected chi connectivity index (χ4v) is 3.52. The van der Waals surface area contributed by atoms with E-state index < -0.39 is 10.0 Å². The Morgan fingerprint density at radius 3 is 2.57 bits per heavy atom. The van der Waals surface area contributed by atoms with E-state index in [-0.39, 0.29) is 29.5 Å². The monoisotopic (exact) mass is 310 g/mol. The van der Waals surface area contributed by atoms with Gasteiger partial charge in [-0.1, -0.05) is 26.0 Å². The number of rotatable bonds is 8. The molecule has 1 unspecified atom stereocenters. The zero-order chi connectivity index (χ0) is 15.9. The van der Waals surface area contributed by atoms with Crippen LogP contribution in [0, 0.1) is 23.2 Å². The molecule has 0 saturated heterocycles. The molecule has 0 spiro atoms. The van der Waals surface area contributed by atoms with E-state index in [0.717, 1.165) is 6.42 Å². The van der Waals surface area contributed by atoms with Gasteiger partial charge in [-0.3, -0.25) is 0 Å². The second-order valence-electron chi connectivity index (χ2n) is 5.47. The Labute approximate surface area is 126 Å². The van der Waals surface area contributed by atoms with E-state index in [0.29, 0.717) is 12.3 Å². The van der Waals surface area contributed by atoms with E-state index in [4.69, 9.17) is 10.4 Å². The summed E-state index contributed by atoms with van der Waals surface area (Å²) < 4.78 is 27.1. The largest absolute Gasteiger partial charge is 0.396 e. The predicted molar refractivity (Wildman–Crippen MR) is 81.0 cm³/mol. The molecule has 1 atom stereocenters. The Morgan fingerprint density at radius 1 is 1.33 bits per heavy atom. The van der Waals surface area contributed by atoms with Gasteiger partial charge in [0.1, 0.15) is 6.07 Å². The molecule has 0 aliphatic heterocycles. The molecule has 1 rings (SSSR count). The molecule has 0 radical (unpaired) electrons. The maximum Gasteiger partial charge on any atom is 0.241 e. The molecule has 0 heterocycles. The summed E-state index contributed by atoms with van der Waals surface area (Å²) in [6.45, 7) is 4.42. The van der Waals surface area contributed by atoms with Crippen LogP contribution in [0.2, 0.25) is 0 Å². The highest BCUT2D eigenvalue weighted by Gasteiger charge is 2.20. The SMILES string of the molecule is CC(C)CC(CCO)CNS(=O)(=O)c1ccccc1C#N. The van der Waals surface area contributed by atoms with Gasteiger partial charge in [0.05, 0.1) is 10.5 Å². The van der Waals surface area contributed by atoms with Crippen molar-refractivity contribution in [2.45, 2.75) is 31.6 Å². The topological polar surface area (TPSA) is 90.2 Å². The fourth-order valence-electron chi connectivity index (χ4n) is 2.25. The number of aliphatic hydroxyl groups excluding tert-OH is 1. The van der Waals surface area contributed by atoms with Crippen molar-refractivity contribution in [3.05, 3.63) is 29.8 Å². The highest BCUT2D eigenvalue weighted by atomic mass is 32.2. The molecular weight excluding hydrogens is 288 g/mol. The van der Waals surface area contributed by atoms with Crippen LogP contribution in [0.25, 0.3) is 0 Å². The van der Waals surface area contributed by atoms with Crippen LogP contribution in [0.1, 0.15) is 32.3 Å². The van der Waals surface area contributed by atoms with Crippen LogP contribution in [0.15, 0.2) is 29.2 Å². The smallest absolute Gasteiger partial charge is 0.241 e. The van der Waals surface area contributed by atoms with Crippen LogP contribution in [0.4, 0.5) is 0 Å². The number of nitrogens with zero attached hydrogens (tertiary/aromatic N) is 1.